The van der Waals surface area contributed by atoms with Crippen molar-refractivity contribution < 1.29 is 24.1 Å². The number of aliphatic hydroxyl groups excluding tert-OH is 1. The molecule has 2 aromatic rings. The van der Waals surface area contributed by atoms with E-state index in [1.165, 1.54) is 28.8 Å². The second-order valence-electron chi connectivity index (χ2n) is 9.22. The Kier molecular flexibility index (Phi) is 5.63. The van der Waals surface area contributed by atoms with E-state index in [-0.39, 0.29) is 42.5 Å². The first kappa shape index (κ1) is 23.1. The molecule has 0 saturated carbocycles. The zero-order valence-corrected chi connectivity index (χ0v) is 19.5. The van der Waals surface area contributed by atoms with Gasteiger partial charge >= 0.3 is 5.69 Å². The first-order chi connectivity index (χ1) is 16.8. The van der Waals surface area contributed by atoms with E-state index in [0.717, 1.165) is 0 Å². The van der Waals surface area contributed by atoms with Crippen LogP contribution in [0.5, 0.6) is 5.75 Å². The predicted molar refractivity (Wildman–Crippen MR) is 127 cm³/mol. The Balaban J connectivity index is 1.72. The molecule has 2 aliphatic heterocycles. The highest BCUT2D eigenvalue weighted by Gasteiger charge is 2.38. The Bertz CT molecular complexity index is 1380. The second-order valence-corrected chi connectivity index (χ2v) is 9.22. The van der Waals surface area contributed by atoms with Crippen molar-refractivity contribution in [3.63, 3.8) is 0 Å². The van der Waals surface area contributed by atoms with Crippen LogP contribution < -0.4 is 21.2 Å². The quantitative estimate of drug-likeness (QED) is 0.589. The van der Waals surface area contributed by atoms with Gasteiger partial charge in [0.25, 0.3) is 0 Å². The Morgan fingerprint density at radius 2 is 2.09 bits per heavy atom. The topological polar surface area (TPSA) is 108 Å². The van der Waals surface area contributed by atoms with Crippen molar-refractivity contribution in [1.29, 1.82) is 0 Å². The third-order valence-electron chi connectivity index (χ3n) is 7.06. The van der Waals surface area contributed by atoms with E-state index in [1.807, 2.05) is 18.7 Å². The number of nitrogens with zero attached hydrogens (tertiary/aromatic N) is 4. The van der Waals surface area contributed by atoms with E-state index in [2.05, 4.69) is 11.6 Å². The fourth-order valence-corrected chi connectivity index (χ4v) is 5.34. The number of phenolic OH excluding ortho intramolecular Hbond substituents is 1. The van der Waals surface area contributed by atoms with Crippen LogP contribution in [-0.4, -0.2) is 69.0 Å². The zero-order valence-electron chi connectivity index (χ0n) is 19.5. The van der Waals surface area contributed by atoms with Crippen molar-refractivity contribution in [2.45, 2.75) is 37.9 Å². The average molecular weight is 483 g/mol. The predicted octanol–water partition coefficient (Wildman–Crippen LogP) is -0.0507. The molecule has 1 aromatic heterocycles. The molecule has 10 heteroatoms. The summed E-state index contributed by atoms with van der Waals surface area (Å²) in [5.74, 6) is -1.00. The number of halogens is 1. The lowest BCUT2D eigenvalue weighted by molar-refractivity contribution is -0.128. The maximum Gasteiger partial charge on any atom is 0.350 e. The third-order valence-corrected chi connectivity index (χ3v) is 7.06. The van der Waals surface area contributed by atoms with Crippen LogP contribution in [0.1, 0.15) is 31.4 Å². The zero-order chi connectivity index (χ0) is 25.0. The molecule has 1 aromatic carbocycles. The van der Waals surface area contributed by atoms with E-state index < -0.39 is 23.5 Å². The highest BCUT2D eigenvalue weighted by Crippen LogP contribution is 2.38. The van der Waals surface area contributed by atoms with Crippen LogP contribution in [0.2, 0.25) is 0 Å². The number of anilines is 1. The van der Waals surface area contributed by atoms with E-state index >= 15 is 0 Å². The first-order valence-corrected chi connectivity index (χ1v) is 11.6. The first-order valence-electron chi connectivity index (χ1n) is 11.6. The maximum absolute atomic E-state index is 14.9. The number of piperazine rings is 1. The van der Waals surface area contributed by atoms with Gasteiger partial charge in [-0.25, -0.2) is 9.18 Å². The van der Waals surface area contributed by atoms with Crippen molar-refractivity contribution in [1.82, 2.24) is 14.5 Å². The van der Waals surface area contributed by atoms with Crippen molar-refractivity contribution in [2.24, 2.45) is 0 Å². The summed E-state index contributed by atoms with van der Waals surface area (Å²) in [4.78, 5) is 33.6. The van der Waals surface area contributed by atoms with Crippen LogP contribution >= 0.6 is 0 Å². The number of rotatable bonds is 4. The lowest BCUT2D eigenvalue weighted by Crippen LogP contribution is -2.61. The number of phenols is 1. The Hall–Kier alpha value is -3.66. The molecule has 4 atom stereocenters. The molecule has 1 amide bonds. The molecular formula is C25H27FN4O5. The van der Waals surface area contributed by atoms with Gasteiger partial charge in [-0.15, -0.1) is 0 Å². The van der Waals surface area contributed by atoms with Crippen LogP contribution in [0.4, 0.5) is 10.2 Å². The smallest absolute Gasteiger partial charge is 0.350 e. The molecule has 9 nitrogen and oxygen atoms in total. The van der Waals surface area contributed by atoms with Crippen molar-refractivity contribution >= 4 is 23.6 Å². The second kappa shape index (κ2) is 8.53. The van der Waals surface area contributed by atoms with Gasteiger partial charge in [-0.05, 0) is 32.1 Å². The largest absolute Gasteiger partial charge is 0.508 e. The fraction of sp³-hybridized carbons (Fsp3) is 0.400. The van der Waals surface area contributed by atoms with Gasteiger partial charge in [0.15, 0.2) is 0 Å². The van der Waals surface area contributed by atoms with Crippen LogP contribution in [0.15, 0.2) is 35.6 Å². The minimum absolute atomic E-state index is 0.0224. The lowest BCUT2D eigenvalue weighted by Gasteiger charge is -2.44. The number of aromatic hydroxyl groups is 1. The van der Waals surface area contributed by atoms with E-state index in [4.69, 9.17) is 4.74 Å². The molecule has 0 bridgehead atoms. The number of aromatic nitrogens is 2. The van der Waals surface area contributed by atoms with Crippen molar-refractivity contribution in [3.05, 3.63) is 63.3 Å². The summed E-state index contributed by atoms with van der Waals surface area (Å²) in [6.07, 6.45) is 3.04. The fourth-order valence-electron chi connectivity index (χ4n) is 5.34. The number of carbonyl (C=O) groups excluding carboxylic acids is 1. The van der Waals surface area contributed by atoms with Gasteiger partial charge in [-0.3, -0.25) is 9.36 Å². The van der Waals surface area contributed by atoms with Crippen LogP contribution in [-0.2, 0) is 9.53 Å². The van der Waals surface area contributed by atoms with E-state index in [1.54, 1.807) is 11.0 Å². The maximum atomic E-state index is 14.9. The van der Waals surface area contributed by atoms with E-state index in [0.29, 0.717) is 35.2 Å². The van der Waals surface area contributed by atoms with Gasteiger partial charge in [0.1, 0.15) is 29.8 Å². The molecule has 3 heterocycles. The molecule has 1 aliphatic carbocycles. The molecule has 35 heavy (non-hydrogen) atoms. The third kappa shape index (κ3) is 3.51. The average Bonchev–Trinajstić information content (AvgIpc) is 3.21. The Morgan fingerprint density at radius 3 is 2.77 bits per heavy atom. The summed E-state index contributed by atoms with van der Waals surface area (Å²) in [5, 5.41) is 21.4. The minimum Gasteiger partial charge on any atom is -0.508 e. The highest BCUT2D eigenvalue weighted by atomic mass is 19.1. The van der Waals surface area contributed by atoms with Crippen molar-refractivity contribution in [2.75, 3.05) is 31.2 Å². The molecule has 0 spiro atoms. The lowest BCUT2D eigenvalue weighted by atomic mass is 9.97. The molecule has 3 aliphatic rings. The van der Waals surface area contributed by atoms with Crippen LogP contribution in [0, 0.1) is 5.82 Å². The standard InChI is InChI=1S/C25H27FN4O5/c1-4-20(33)28-9-14(3)29(10-13(28)2)24-17-8-16(21-18(26)6-5-7-19(21)32)23-22(17)30(25(34)27-24)15(11-31)12-35-23/h4-8,13-16,31-32H,1,9-12H2,2-3H3/t13-,14+,15+,16?/m1/s1. The summed E-state index contributed by atoms with van der Waals surface area (Å²) < 4.78 is 22.2. The van der Waals surface area contributed by atoms with Crippen molar-refractivity contribution in [3.8, 4) is 5.75 Å². The van der Waals surface area contributed by atoms with Gasteiger partial charge in [-0.1, -0.05) is 18.7 Å². The van der Waals surface area contributed by atoms with Gasteiger partial charge < -0.3 is 24.7 Å². The summed E-state index contributed by atoms with van der Waals surface area (Å²) in [6, 6.07) is 3.11. The molecule has 184 valence electrons. The molecule has 1 saturated heterocycles. The number of hydrogen-bond acceptors (Lipinski definition) is 7. The van der Waals surface area contributed by atoms with Gasteiger partial charge in [-0.2, -0.15) is 4.98 Å². The number of ether oxygens (including phenoxy) is 1. The molecular weight excluding hydrogens is 455 g/mol. The summed E-state index contributed by atoms with van der Waals surface area (Å²) in [5.41, 5.74) is -0.497. The number of carbonyl (C=O) groups is 1. The SMILES string of the molecule is C=CC(=O)N1C[C@H](C)N(c2nc(=O)n3c4c2=CC(c2c(O)cccc2F)C=4OC[C@@H]3CO)C[C@H]1C. The number of hydrogen-bond donors (Lipinski definition) is 2. The number of benzene rings is 1. The summed E-state index contributed by atoms with van der Waals surface area (Å²) in [6.45, 7) is 7.96. The Labute approximate surface area is 200 Å². The molecule has 2 N–H and O–H groups in total. The molecule has 1 fully saturated rings. The molecule has 1 unspecified atom stereocenters. The monoisotopic (exact) mass is 482 g/mol. The van der Waals surface area contributed by atoms with Crippen LogP contribution in [0.25, 0.3) is 11.8 Å². The minimum atomic E-state index is -0.768. The number of amides is 1. The normalized spacial score (nSPS) is 25.1. The molecule has 5 rings (SSSR count). The van der Waals surface area contributed by atoms with Gasteiger partial charge in [0.2, 0.25) is 5.91 Å². The molecule has 0 radical (unpaired) electrons. The van der Waals surface area contributed by atoms with Crippen LogP contribution in [0.3, 0.4) is 0 Å². The highest BCUT2D eigenvalue weighted by molar-refractivity contribution is 5.87. The summed E-state index contributed by atoms with van der Waals surface area (Å²) >= 11 is 0. The Morgan fingerprint density at radius 1 is 1.31 bits per heavy atom. The van der Waals surface area contributed by atoms with E-state index in [9.17, 15) is 24.2 Å². The number of aliphatic hydroxyl groups is 1. The van der Waals surface area contributed by atoms with Gasteiger partial charge in [0.05, 0.1) is 23.9 Å². The van der Waals surface area contributed by atoms with Gasteiger partial charge in [0, 0.05) is 36.0 Å². The summed E-state index contributed by atoms with van der Waals surface area (Å²) in [7, 11) is 0.